The van der Waals surface area contributed by atoms with E-state index in [1.807, 2.05) is 4.90 Å². The average molecular weight is 263 g/mol. The summed E-state index contributed by atoms with van der Waals surface area (Å²) in [5.74, 6) is 1.04. The minimum atomic E-state index is 0. The molecule has 2 atom stereocenters. The van der Waals surface area contributed by atoms with Gasteiger partial charge in [-0.1, -0.05) is 0 Å². The Kier molecular flexibility index (Phi) is 5.70. The second-order valence-corrected chi connectivity index (χ2v) is 5.11. The summed E-state index contributed by atoms with van der Waals surface area (Å²) in [6.07, 6.45) is 2.65. The van der Waals surface area contributed by atoms with Crippen molar-refractivity contribution in [1.82, 2.24) is 10.2 Å². The minimum absolute atomic E-state index is 0. The van der Waals surface area contributed by atoms with Crippen LogP contribution in [0.2, 0.25) is 0 Å². The SMILES string of the molecule is CC1COCC(C)N1C(=O)CNCC1CC1.Cl. The molecule has 2 aliphatic rings. The normalized spacial score (nSPS) is 28.7. The molecule has 0 radical (unpaired) electrons. The summed E-state index contributed by atoms with van der Waals surface area (Å²) in [6.45, 7) is 6.91. The van der Waals surface area contributed by atoms with E-state index < -0.39 is 0 Å². The fourth-order valence-electron chi connectivity index (χ4n) is 2.29. The van der Waals surface area contributed by atoms with Crippen molar-refractivity contribution >= 4 is 18.3 Å². The predicted molar refractivity (Wildman–Crippen MR) is 69.4 cm³/mol. The van der Waals surface area contributed by atoms with E-state index in [-0.39, 0.29) is 30.4 Å². The Morgan fingerprint density at radius 2 is 1.88 bits per heavy atom. The third-order valence-corrected chi connectivity index (χ3v) is 3.36. The van der Waals surface area contributed by atoms with Crippen molar-refractivity contribution in [3.63, 3.8) is 0 Å². The maximum absolute atomic E-state index is 12.0. The zero-order chi connectivity index (χ0) is 11.5. The van der Waals surface area contributed by atoms with Crippen molar-refractivity contribution < 1.29 is 9.53 Å². The monoisotopic (exact) mass is 262 g/mol. The maximum atomic E-state index is 12.0. The van der Waals surface area contributed by atoms with Gasteiger partial charge in [0.1, 0.15) is 0 Å². The van der Waals surface area contributed by atoms with E-state index in [4.69, 9.17) is 4.74 Å². The van der Waals surface area contributed by atoms with Crippen molar-refractivity contribution in [3.8, 4) is 0 Å². The molecule has 1 saturated carbocycles. The van der Waals surface area contributed by atoms with Gasteiger partial charge in [0, 0.05) is 0 Å². The van der Waals surface area contributed by atoms with Crippen LogP contribution < -0.4 is 5.32 Å². The summed E-state index contributed by atoms with van der Waals surface area (Å²) in [5, 5.41) is 3.25. The van der Waals surface area contributed by atoms with Crippen LogP contribution in [0.15, 0.2) is 0 Å². The smallest absolute Gasteiger partial charge is 0.237 e. The van der Waals surface area contributed by atoms with E-state index in [2.05, 4.69) is 19.2 Å². The van der Waals surface area contributed by atoms with Crippen molar-refractivity contribution in [2.75, 3.05) is 26.3 Å². The highest BCUT2D eigenvalue weighted by Gasteiger charge is 2.29. The molecular formula is C12H23ClN2O2. The summed E-state index contributed by atoms with van der Waals surface area (Å²) in [7, 11) is 0. The molecule has 0 aromatic heterocycles. The Hall–Kier alpha value is -0.320. The summed E-state index contributed by atoms with van der Waals surface area (Å²) in [6, 6.07) is 0.415. The van der Waals surface area contributed by atoms with Crippen LogP contribution >= 0.6 is 12.4 Å². The highest BCUT2D eigenvalue weighted by atomic mass is 35.5. The fourth-order valence-corrected chi connectivity index (χ4v) is 2.29. The van der Waals surface area contributed by atoms with Crippen LogP contribution in [0.5, 0.6) is 0 Å². The lowest BCUT2D eigenvalue weighted by Gasteiger charge is -2.38. The van der Waals surface area contributed by atoms with Crippen LogP contribution in [0, 0.1) is 5.92 Å². The molecule has 17 heavy (non-hydrogen) atoms. The number of halogens is 1. The number of nitrogens with zero attached hydrogens (tertiary/aromatic N) is 1. The molecule has 1 N–H and O–H groups in total. The first kappa shape index (κ1) is 14.7. The first-order chi connectivity index (χ1) is 7.68. The lowest BCUT2D eigenvalue weighted by atomic mass is 10.1. The molecule has 2 fully saturated rings. The molecule has 1 heterocycles. The molecule has 1 amide bonds. The van der Waals surface area contributed by atoms with E-state index >= 15 is 0 Å². The van der Waals surface area contributed by atoms with Gasteiger partial charge in [0.25, 0.3) is 0 Å². The summed E-state index contributed by atoms with van der Waals surface area (Å²) < 4.78 is 5.41. The second-order valence-electron chi connectivity index (χ2n) is 5.11. The Morgan fingerprint density at radius 3 is 2.41 bits per heavy atom. The van der Waals surface area contributed by atoms with Gasteiger partial charge >= 0.3 is 0 Å². The number of hydrogen-bond donors (Lipinski definition) is 1. The molecule has 0 aromatic rings. The van der Waals surface area contributed by atoms with Gasteiger partial charge in [-0.15, -0.1) is 12.4 Å². The molecule has 4 nitrogen and oxygen atoms in total. The van der Waals surface area contributed by atoms with Gasteiger partial charge in [-0.05, 0) is 39.2 Å². The number of morpholine rings is 1. The van der Waals surface area contributed by atoms with Crippen molar-refractivity contribution in [3.05, 3.63) is 0 Å². The van der Waals surface area contributed by atoms with E-state index in [1.165, 1.54) is 12.8 Å². The number of amides is 1. The first-order valence-electron chi connectivity index (χ1n) is 6.28. The standard InChI is InChI=1S/C12H22N2O2.ClH/c1-9-7-16-8-10(2)14(9)12(15)6-13-5-11-3-4-11;/h9-11,13H,3-8H2,1-2H3;1H. The average Bonchev–Trinajstić information content (AvgIpc) is 3.01. The fraction of sp³-hybridized carbons (Fsp3) is 0.917. The summed E-state index contributed by atoms with van der Waals surface area (Å²) in [5.41, 5.74) is 0. The van der Waals surface area contributed by atoms with Crippen LogP contribution in [-0.2, 0) is 9.53 Å². The molecular weight excluding hydrogens is 240 g/mol. The molecule has 0 bridgehead atoms. The van der Waals surface area contributed by atoms with Gasteiger partial charge in [-0.25, -0.2) is 0 Å². The number of carbonyl (C=O) groups excluding carboxylic acids is 1. The molecule has 2 rings (SSSR count). The molecule has 100 valence electrons. The summed E-state index contributed by atoms with van der Waals surface area (Å²) in [4.78, 5) is 14.0. The van der Waals surface area contributed by atoms with Crippen molar-refractivity contribution in [2.24, 2.45) is 5.92 Å². The predicted octanol–water partition coefficient (Wildman–Crippen LogP) is 1.04. The Bertz CT molecular complexity index is 249. The largest absolute Gasteiger partial charge is 0.377 e. The van der Waals surface area contributed by atoms with Gasteiger partial charge in [-0.3, -0.25) is 4.79 Å². The zero-order valence-corrected chi connectivity index (χ0v) is 11.5. The van der Waals surface area contributed by atoms with Crippen LogP contribution in [-0.4, -0.2) is 49.2 Å². The number of hydrogen-bond acceptors (Lipinski definition) is 3. The van der Waals surface area contributed by atoms with Crippen molar-refractivity contribution in [2.45, 2.75) is 38.8 Å². The van der Waals surface area contributed by atoms with E-state index in [0.717, 1.165) is 12.5 Å². The molecule has 0 spiro atoms. The van der Waals surface area contributed by atoms with Crippen LogP contribution in [0.4, 0.5) is 0 Å². The van der Waals surface area contributed by atoms with Gasteiger partial charge in [0.15, 0.2) is 0 Å². The van der Waals surface area contributed by atoms with E-state index in [9.17, 15) is 4.79 Å². The highest BCUT2D eigenvalue weighted by molar-refractivity contribution is 5.85. The van der Waals surface area contributed by atoms with E-state index in [0.29, 0.717) is 19.8 Å². The van der Waals surface area contributed by atoms with Gasteiger partial charge in [-0.2, -0.15) is 0 Å². The lowest BCUT2D eigenvalue weighted by Crippen LogP contribution is -2.54. The topological polar surface area (TPSA) is 41.6 Å². The van der Waals surface area contributed by atoms with Crippen LogP contribution in [0.25, 0.3) is 0 Å². The Balaban J connectivity index is 0.00000144. The Morgan fingerprint density at radius 1 is 1.29 bits per heavy atom. The van der Waals surface area contributed by atoms with Crippen LogP contribution in [0.1, 0.15) is 26.7 Å². The first-order valence-corrected chi connectivity index (χ1v) is 6.28. The number of nitrogens with one attached hydrogen (secondary N) is 1. The summed E-state index contributed by atoms with van der Waals surface area (Å²) >= 11 is 0. The molecule has 2 unspecified atom stereocenters. The molecule has 1 aliphatic heterocycles. The van der Waals surface area contributed by atoms with Crippen LogP contribution in [0.3, 0.4) is 0 Å². The molecule has 1 saturated heterocycles. The third-order valence-electron chi connectivity index (χ3n) is 3.36. The lowest BCUT2D eigenvalue weighted by molar-refractivity contribution is -0.143. The van der Waals surface area contributed by atoms with E-state index in [1.54, 1.807) is 0 Å². The zero-order valence-electron chi connectivity index (χ0n) is 10.6. The van der Waals surface area contributed by atoms with Crippen molar-refractivity contribution in [1.29, 1.82) is 0 Å². The quantitative estimate of drug-likeness (QED) is 0.823. The molecule has 0 aromatic carbocycles. The molecule has 5 heteroatoms. The second kappa shape index (κ2) is 6.57. The molecule has 1 aliphatic carbocycles. The maximum Gasteiger partial charge on any atom is 0.237 e. The minimum Gasteiger partial charge on any atom is -0.377 e. The van der Waals surface area contributed by atoms with Gasteiger partial charge in [0.05, 0.1) is 31.8 Å². The van der Waals surface area contributed by atoms with Gasteiger partial charge < -0.3 is 15.0 Å². The number of rotatable bonds is 4. The highest BCUT2D eigenvalue weighted by Crippen LogP contribution is 2.27. The third kappa shape index (κ3) is 4.12. The number of ether oxygens (including phenoxy) is 1. The Labute approximate surface area is 109 Å². The number of carbonyl (C=O) groups is 1. The van der Waals surface area contributed by atoms with Gasteiger partial charge in [0.2, 0.25) is 5.91 Å².